The Kier molecular flexibility index (Phi) is 4.06. The van der Waals surface area contributed by atoms with Crippen LogP contribution in [-0.2, 0) is 7.05 Å². The van der Waals surface area contributed by atoms with E-state index in [0.717, 1.165) is 22.8 Å². The average molecular weight is 261 g/mol. The molecule has 2 rings (SSSR count). The molecule has 0 aliphatic rings. The van der Waals surface area contributed by atoms with Crippen LogP contribution in [0.15, 0.2) is 30.5 Å². The van der Waals surface area contributed by atoms with Crippen LogP contribution in [-0.4, -0.2) is 31.0 Å². The zero-order chi connectivity index (χ0) is 13.8. The standard InChI is InChI=1S/C14H19N3O2/c1-15-13(11-8-9-16-17(11)2)10-6-5-7-12(18-3)14(10)19-4/h5-9,13,15H,1-4H3. The van der Waals surface area contributed by atoms with Gasteiger partial charge in [-0.25, -0.2) is 0 Å². The van der Waals surface area contributed by atoms with Crippen molar-refractivity contribution >= 4 is 0 Å². The first-order valence-electron chi connectivity index (χ1n) is 6.09. The summed E-state index contributed by atoms with van der Waals surface area (Å²) in [6.07, 6.45) is 1.78. The van der Waals surface area contributed by atoms with E-state index in [0.29, 0.717) is 0 Å². The van der Waals surface area contributed by atoms with Crippen molar-refractivity contribution in [1.29, 1.82) is 0 Å². The molecule has 102 valence electrons. The number of aryl methyl sites for hydroxylation is 1. The number of rotatable bonds is 5. The molecule has 1 unspecified atom stereocenters. The van der Waals surface area contributed by atoms with Crippen LogP contribution < -0.4 is 14.8 Å². The van der Waals surface area contributed by atoms with Gasteiger partial charge < -0.3 is 14.8 Å². The quantitative estimate of drug-likeness (QED) is 0.890. The van der Waals surface area contributed by atoms with Crippen LogP contribution >= 0.6 is 0 Å². The summed E-state index contributed by atoms with van der Waals surface area (Å²) >= 11 is 0. The number of nitrogens with one attached hydrogen (secondary N) is 1. The molecule has 0 radical (unpaired) electrons. The lowest BCUT2D eigenvalue weighted by Gasteiger charge is -2.21. The van der Waals surface area contributed by atoms with E-state index in [4.69, 9.17) is 9.47 Å². The summed E-state index contributed by atoms with van der Waals surface area (Å²) in [7, 11) is 7.13. The van der Waals surface area contributed by atoms with Crippen LogP contribution in [0.4, 0.5) is 0 Å². The fraction of sp³-hybridized carbons (Fsp3) is 0.357. The Balaban J connectivity index is 2.53. The Hall–Kier alpha value is -2.01. The van der Waals surface area contributed by atoms with E-state index in [1.807, 2.05) is 43.0 Å². The third kappa shape index (κ3) is 2.42. The summed E-state index contributed by atoms with van der Waals surface area (Å²) in [5.41, 5.74) is 2.09. The molecule has 1 atom stereocenters. The van der Waals surface area contributed by atoms with Gasteiger partial charge in [-0.2, -0.15) is 5.10 Å². The van der Waals surface area contributed by atoms with Gasteiger partial charge >= 0.3 is 0 Å². The minimum Gasteiger partial charge on any atom is -0.493 e. The maximum atomic E-state index is 5.49. The number of para-hydroxylation sites is 1. The van der Waals surface area contributed by atoms with Crippen molar-refractivity contribution in [3.8, 4) is 11.5 Å². The van der Waals surface area contributed by atoms with Gasteiger partial charge in [0.1, 0.15) is 0 Å². The molecular formula is C14H19N3O2. The van der Waals surface area contributed by atoms with E-state index >= 15 is 0 Å². The van der Waals surface area contributed by atoms with E-state index in [9.17, 15) is 0 Å². The van der Waals surface area contributed by atoms with Gasteiger partial charge in [0.15, 0.2) is 11.5 Å². The molecule has 0 aliphatic carbocycles. The number of hydrogen-bond donors (Lipinski definition) is 1. The minimum atomic E-state index is -0.00227. The second-order valence-corrected chi connectivity index (χ2v) is 4.18. The third-order valence-corrected chi connectivity index (χ3v) is 3.19. The fourth-order valence-electron chi connectivity index (χ4n) is 2.27. The maximum absolute atomic E-state index is 5.49. The second kappa shape index (κ2) is 5.75. The lowest BCUT2D eigenvalue weighted by Crippen LogP contribution is -2.21. The SMILES string of the molecule is CNC(c1cccc(OC)c1OC)c1ccnn1C. The summed E-state index contributed by atoms with van der Waals surface area (Å²) in [6.45, 7) is 0. The molecule has 1 aromatic carbocycles. The molecule has 5 heteroatoms. The first kappa shape index (κ1) is 13.4. The molecule has 1 N–H and O–H groups in total. The van der Waals surface area contributed by atoms with Crippen LogP contribution in [0, 0.1) is 0 Å². The van der Waals surface area contributed by atoms with E-state index in [1.54, 1.807) is 20.4 Å². The Morgan fingerprint density at radius 3 is 2.53 bits per heavy atom. The molecular weight excluding hydrogens is 242 g/mol. The van der Waals surface area contributed by atoms with Crippen molar-refractivity contribution in [3.05, 3.63) is 41.7 Å². The molecule has 0 saturated carbocycles. The van der Waals surface area contributed by atoms with Gasteiger partial charge in [0.05, 0.1) is 26.0 Å². The second-order valence-electron chi connectivity index (χ2n) is 4.18. The summed E-state index contributed by atoms with van der Waals surface area (Å²) in [5, 5.41) is 7.50. The fourth-order valence-corrected chi connectivity index (χ4v) is 2.27. The monoisotopic (exact) mass is 261 g/mol. The molecule has 5 nitrogen and oxygen atoms in total. The Morgan fingerprint density at radius 1 is 1.21 bits per heavy atom. The first-order chi connectivity index (χ1) is 9.22. The van der Waals surface area contributed by atoms with Gasteiger partial charge in [-0.15, -0.1) is 0 Å². The molecule has 1 aromatic heterocycles. The molecule has 0 fully saturated rings. The van der Waals surface area contributed by atoms with Gasteiger partial charge in [-0.1, -0.05) is 12.1 Å². The lowest BCUT2D eigenvalue weighted by atomic mass is 10.0. The predicted octanol–water partition coefficient (Wildman–Crippen LogP) is 1.75. The highest BCUT2D eigenvalue weighted by Gasteiger charge is 2.21. The largest absolute Gasteiger partial charge is 0.493 e. The van der Waals surface area contributed by atoms with E-state index in [2.05, 4.69) is 10.4 Å². The van der Waals surface area contributed by atoms with Crippen molar-refractivity contribution in [1.82, 2.24) is 15.1 Å². The lowest BCUT2D eigenvalue weighted by molar-refractivity contribution is 0.349. The van der Waals surface area contributed by atoms with Gasteiger partial charge in [0.2, 0.25) is 0 Å². The van der Waals surface area contributed by atoms with Crippen LogP contribution in [0.3, 0.4) is 0 Å². The van der Waals surface area contributed by atoms with Crippen LogP contribution in [0.25, 0.3) is 0 Å². The Morgan fingerprint density at radius 2 is 2.00 bits per heavy atom. The van der Waals surface area contributed by atoms with Crippen molar-refractivity contribution in [2.45, 2.75) is 6.04 Å². The molecule has 0 amide bonds. The molecule has 2 aromatic rings. The number of benzene rings is 1. The molecule has 0 aliphatic heterocycles. The van der Waals surface area contributed by atoms with Crippen LogP contribution in [0.5, 0.6) is 11.5 Å². The topological polar surface area (TPSA) is 48.3 Å². The number of hydrogen-bond acceptors (Lipinski definition) is 4. The molecule has 0 saturated heterocycles. The molecule has 1 heterocycles. The van der Waals surface area contributed by atoms with E-state index in [-0.39, 0.29) is 6.04 Å². The molecule has 0 spiro atoms. The zero-order valence-corrected chi connectivity index (χ0v) is 11.7. The highest BCUT2D eigenvalue weighted by Crippen LogP contribution is 2.36. The number of ether oxygens (including phenoxy) is 2. The Bertz CT molecular complexity index is 551. The van der Waals surface area contributed by atoms with Crippen LogP contribution in [0.2, 0.25) is 0 Å². The zero-order valence-electron chi connectivity index (χ0n) is 11.7. The average Bonchev–Trinajstić information content (AvgIpc) is 2.85. The predicted molar refractivity (Wildman–Crippen MR) is 73.7 cm³/mol. The Labute approximate surface area is 113 Å². The normalized spacial score (nSPS) is 12.2. The maximum Gasteiger partial charge on any atom is 0.165 e. The van der Waals surface area contributed by atoms with Crippen molar-refractivity contribution in [2.75, 3.05) is 21.3 Å². The summed E-state index contributed by atoms with van der Waals surface area (Å²) < 4.78 is 12.7. The highest BCUT2D eigenvalue weighted by atomic mass is 16.5. The van der Waals surface area contributed by atoms with E-state index in [1.165, 1.54) is 0 Å². The van der Waals surface area contributed by atoms with Gasteiger partial charge in [0, 0.05) is 18.8 Å². The van der Waals surface area contributed by atoms with Gasteiger partial charge in [-0.05, 0) is 19.2 Å². The van der Waals surface area contributed by atoms with Crippen molar-refractivity contribution in [2.24, 2.45) is 7.05 Å². The van der Waals surface area contributed by atoms with Gasteiger partial charge in [0.25, 0.3) is 0 Å². The smallest absolute Gasteiger partial charge is 0.165 e. The highest BCUT2D eigenvalue weighted by molar-refractivity contribution is 5.50. The third-order valence-electron chi connectivity index (χ3n) is 3.19. The summed E-state index contributed by atoms with van der Waals surface area (Å²) in [5.74, 6) is 1.47. The van der Waals surface area contributed by atoms with E-state index < -0.39 is 0 Å². The summed E-state index contributed by atoms with van der Waals surface area (Å²) in [4.78, 5) is 0. The van der Waals surface area contributed by atoms with Crippen molar-refractivity contribution in [3.63, 3.8) is 0 Å². The molecule has 19 heavy (non-hydrogen) atoms. The number of aromatic nitrogens is 2. The van der Waals surface area contributed by atoms with Crippen molar-refractivity contribution < 1.29 is 9.47 Å². The number of nitrogens with zero attached hydrogens (tertiary/aromatic N) is 2. The minimum absolute atomic E-state index is 0.00227. The first-order valence-corrected chi connectivity index (χ1v) is 6.09. The molecule has 0 bridgehead atoms. The summed E-state index contributed by atoms with van der Waals surface area (Å²) in [6, 6.07) is 7.85. The number of methoxy groups -OCH3 is 2. The van der Waals surface area contributed by atoms with Crippen LogP contribution in [0.1, 0.15) is 17.3 Å². The van der Waals surface area contributed by atoms with Gasteiger partial charge in [-0.3, -0.25) is 4.68 Å².